The van der Waals surface area contributed by atoms with E-state index >= 15 is 0 Å². The van der Waals surface area contributed by atoms with Crippen molar-refractivity contribution in [2.75, 3.05) is 5.32 Å². The van der Waals surface area contributed by atoms with Crippen LogP contribution < -0.4 is 5.32 Å². The van der Waals surface area contributed by atoms with Crippen molar-refractivity contribution >= 4 is 28.3 Å². The van der Waals surface area contributed by atoms with Crippen molar-refractivity contribution in [3.8, 4) is 0 Å². The van der Waals surface area contributed by atoms with Crippen LogP contribution in [0, 0.1) is 6.92 Å². The van der Waals surface area contributed by atoms with Gasteiger partial charge in [-0.25, -0.2) is 9.78 Å². The fraction of sp³-hybridized carbons (Fsp3) is 0.267. The van der Waals surface area contributed by atoms with E-state index in [-0.39, 0.29) is 16.7 Å². The van der Waals surface area contributed by atoms with E-state index in [1.807, 2.05) is 32.9 Å². The van der Waals surface area contributed by atoms with Crippen LogP contribution in [0.4, 0.5) is 5.13 Å². The summed E-state index contributed by atoms with van der Waals surface area (Å²) in [7, 11) is 0. The highest BCUT2D eigenvalue weighted by atomic mass is 32.1. The number of amides is 1. The molecular weight excluding hydrogens is 288 g/mol. The maximum Gasteiger partial charge on any atom is 0.347 e. The molecule has 2 aromatic rings. The second-order valence-electron chi connectivity index (χ2n) is 5.01. The molecule has 2 rings (SSSR count). The van der Waals surface area contributed by atoms with E-state index in [0.29, 0.717) is 16.4 Å². The minimum atomic E-state index is -1.02. The molecule has 0 fully saturated rings. The molecule has 0 saturated carbocycles. The van der Waals surface area contributed by atoms with Gasteiger partial charge in [-0.15, -0.1) is 0 Å². The molecule has 0 atom stereocenters. The zero-order valence-electron chi connectivity index (χ0n) is 12.0. The van der Waals surface area contributed by atoms with E-state index in [0.717, 1.165) is 16.9 Å². The summed E-state index contributed by atoms with van der Waals surface area (Å²) in [6.45, 7) is 5.68. The molecule has 21 heavy (non-hydrogen) atoms. The Balaban J connectivity index is 2.23. The summed E-state index contributed by atoms with van der Waals surface area (Å²) in [4.78, 5) is 27.7. The van der Waals surface area contributed by atoms with Gasteiger partial charge < -0.3 is 5.11 Å². The maximum atomic E-state index is 12.1. The molecule has 0 unspecified atom stereocenters. The molecule has 1 aromatic carbocycles. The summed E-state index contributed by atoms with van der Waals surface area (Å²) in [5.41, 5.74) is 2.07. The van der Waals surface area contributed by atoms with E-state index in [1.54, 1.807) is 12.1 Å². The second kappa shape index (κ2) is 6.05. The first-order valence-electron chi connectivity index (χ1n) is 6.50. The highest BCUT2D eigenvalue weighted by Crippen LogP contribution is 2.28. The number of aryl methyl sites for hydroxylation is 1. The SMILES string of the molecule is Cc1ccc(C(=O)Nc2nc(C(C)C)c(C(=O)O)s2)cc1. The van der Waals surface area contributed by atoms with E-state index in [2.05, 4.69) is 10.3 Å². The fourth-order valence-electron chi connectivity index (χ4n) is 1.80. The quantitative estimate of drug-likeness (QED) is 0.905. The van der Waals surface area contributed by atoms with E-state index in [1.165, 1.54) is 0 Å². The Labute approximate surface area is 126 Å². The number of hydrogen-bond donors (Lipinski definition) is 2. The molecule has 2 N–H and O–H groups in total. The zero-order chi connectivity index (χ0) is 15.6. The molecule has 110 valence electrons. The highest BCUT2D eigenvalue weighted by molar-refractivity contribution is 7.17. The first-order valence-corrected chi connectivity index (χ1v) is 7.32. The van der Waals surface area contributed by atoms with Crippen LogP contribution in [0.3, 0.4) is 0 Å². The van der Waals surface area contributed by atoms with Crippen LogP contribution in [0.5, 0.6) is 0 Å². The molecular formula is C15H16N2O3S. The Kier molecular flexibility index (Phi) is 4.37. The van der Waals surface area contributed by atoms with Crippen LogP contribution in [0.1, 0.15) is 51.1 Å². The fourth-order valence-corrected chi connectivity index (χ4v) is 2.76. The van der Waals surface area contributed by atoms with Crippen molar-refractivity contribution in [3.63, 3.8) is 0 Å². The standard InChI is InChI=1S/C15H16N2O3S/c1-8(2)11-12(14(19)20)21-15(16-11)17-13(18)10-6-4-9(3)5-7-10/h4-8H,1-3H3,(H,19,20)(H,16,17,18). The van der Waals surface area contributed by atoms with E-state index < -0.39 is 5.97 Å². The third-order valence-electron chi connectivity index (χ3n) is 2.93. The van der Waals surface area contributed by atoms with Gasteiger partial charge in [-0.3, -0.25) is 10.1 Å². The third kappa shape index (κ3) is 3.46. The molecule has 0 radical (unpaired) electrons. The van der Waals surface area contributed by atoms with Gasteiger partial charge >= 0.3 is 5.97 Å². The molecule has 0 aliphatic rings. The Bertz CT molecular complexity index is 675. The lowest BCUT2D eigenvalue weighted by atomic mass is 10.1. The van der Waals surface area contributed by atoms with Gasteiger partial charge in [0.1, 0.15) is 4.88 Å². The Hall–Kier alpha value is -2.21. The topological polar surface area (TPSA) is 79.3 Å². The van der Waals surface area contributed by atoms with Gasteiger partial charge in [-0.1, -0.05) is 42.9 Å². The molecule has 0 aliphatic carbocycles. The van der Waals surface area contributed by atoms with Crippen LogP contribution in [-0.2, 0) is 0 Å². The van der Waals surface area contributed by atoms with Gasteiger partial charge in [0.2, 0.25) is 0 Å². The highest BCUT2D eigenvalue weighted by Gasteiger charge is 2.20. The minimum Gasteiger partial charge on any atom is -0.477 e. The zero-order valence-corrected chi connectivity index (χ0v) is 12.8. The van der Waals surface area contributed by atoms with Gasteiger partial charge in [0.25, 0.3) is 5.91 Å². The summed E-state index contributed by atoms with van der Waals surface area (Å²) in [5, 5.41) is 12.1. The lowest BCUT2D eigenvalue weighted by Crippen LogP contribution is -2.11. The monoisotopic (exact) mass is 304 g/mol. The minimum absolute atomic E-state index is 0.0163. The largest absolute Gasteiger partial charge is 0.477 e. The number of hydrogen-bond acceptors (Lipinski definition) is 4. The number of nitrogens with one attached hydrogen (secondary N) is 1. The molecule has 0 bridgehead atoms. The molecule has 6 heteroatoms. The lowest BCUT2D eigenvalue weighted by molar-refractivity contribution is 0.0700. The van der Waals surface area contributed by atoms with Crippen molar-refractivity contribution in [2.24, 2.45) is 0 Å². The average Bonchev–Trinajstić information content (AvgIpc) is 2.83. The number of anilines is 1. The van der Waals surface area contributed by atoms with Crippen molar-refractivity contribution in [1.29, 1.82) is 0 Å². The van der Waals surface area contributed by atoms with Gasteiger partial charge in [0, 0.05) is 5.56 Å². The summed E-state index contributed by atoms with van der Waals surface area (Å²) in [6.07, 6.45) is 0. The van der Waals surface area contributed by atoms with Crippen molar-refractivity contribution < 1.29 is 14.7 Å². The van der Waals surface area contributed by atoms with Crippen LogP contribution in [0.2, 0.25) is 0 Å². The normalized spacial score (nSPS) is 10.7. The molecule has 0 saturated heterocycles. The van der Waals surface area contributed by atoms with E-state index in [9.17, 15) is 9.59 Å². The van der Waals surface area contributed by atoms with Crippen LogP contribution in [0.15, 0.2) is 24.3 Å². The Morgan fingerprint density at radius 1 is 1.24 bits per heavy atom. The van der Waals surface area contributed by atoms with Crippen molar-refractivity contribution in [2.45, 2.75) is 26.7 Å². The number of aromatic nitrogens is 1. The predicted octanol–water partition coefficient (Wildman–Crippen LogP) is 3.53. The van der Waals surface area contributed by atoms with Crippen LogP contribution >= 0.6 is 11.3 Å². The van der Waals surface area contributed by atoms with Crippen LogP contribution in [0.25, 0.3) is 0 Å². The summed E-state index contributed by atoms with van der Waals surface area (Å²) >= 11 is 0.979. The molecule has 1 heterocycles. The van der Waals surface area contributed by atoms with Crippen molar-refractivity contribution in [3.05, 3.63) is 46.0 Å². The van der Waals surface area contributed by atoms with Crippen LogP contribution in [-0.4, -0.2) is 22.0 Å². The first kappa shape index (κ1) is 15.2. The van der Waals surface area contributed by atoms with E-state index in [4.69, 9.17) is 5.11 Å². The Morgan fingerprint density at radius 3 is 2.33 bits per heavy atom. The number of carboxylic acids is 1. The number of carboxylic acid groups (broad SMARTS) is 1. The average molecular weight is 304 g/mol. The number of nitrogens with zero attached hydrogens (tertiary/aromatic N) is 1. The maximum absolute atomic E-state index is 12.1. The van der Waals surface area contributed by atoms with Gasteiger partial charge in [0.15, 0.2) is 5.13 Å². The first-order chi connectivity index (χ1) is 9.88. The number of rotatable bonds is 4. The number of carbonyl (C=O) groups excluding carboxylic acids is 1. The van der Waals surface area contributed by atoms with Crippen molar-refractivity contribution in [1.82, 2.24) is 4.98 Å². The molecule has 5 nitrogen and oxygen atoms in total. The predicted molar refractivity (Wildman–Crippen MR) is 82.3 cm³/mol. The smallest absolute Gasteiger partial charge is 0.347 e. The number of benzene rings is 1. The molecule has 1 aromatic heterocycles. The lowest BCUT2D eigenvalue weighted by Gasteiger charge is -2.02. The molecule has 1 amide bonds. The van der Waals surface area contributed by atoms with Gasteiger partial charge in [-0.2, -0.15) is 0 Å². The molecule has 0 spiro atoms. The second-order valence-corrected chi connectivity index (χ2v) is 6.01. The Morgan fingerprint density at radius 2 is 1.86 bits per heavy atom. The summed E-state index contributed by atoms with van der Waals surface area (Å²) in [5.74, 6) is -1.33. The molecule has 0 aliphatic heterocycles. The van der Waals surface area contributed by atoms with Gasteiger partial charge in [-0.05, 0) is 25.0 Å². The van der Waals surface area contributed by atoms with Gasteiger partial charge in [0.05, 0.1) is 5.69 Å². The summed E-state index contributed by atoms with van der Waals surface area (Å²) in [6, 6.07) is 7.14. The number of carbonyl (C=O) groups is 2. The summed E-state index contributed by atoms with van der Waals surface area (Å²) < 4.78 is 0. The number of aromatic carboxylic acids is 1. The number of thiazole rings is 1. The third-order valence-corrected chi connectivity index (χ3v) is 3.90.